The Morgan fingerprint density at radius 3 is 1.19 bits per heavy atom. The molecule has 0 saturated carbocycles. The third kappa shape index (κ3) is 20.7. The van der Waals surface area contributed by atoms with E-state index in [2.05, 4.69) is 6.92 Å². The van der Waals surface area contributed by atoms with Gasteiger partial charge in [-0.05, 0) is 38.2 Å². The second-order valence-corrected chi connectivity index (χ2v) is 12.9. The quantitative estimate of drug-likeness (QED) is 0.0603. The van der Waals surface area contributed by atoms with E-state index in [1.54, 1.807) is 20.8 Å². The van der Waals surface area contributed by atoms with Crippen molar-refractivity contribution in [2.45, 2.75) is 163 Å². The van der Waals surface area contributed by atoms with E-state index < -0.39 is 35.7 Å². The number of carbonyl (C=O) groups excluding carboxylic acids is 1. The number of hydrogen-bond donors (Lipinski definition) is 2. The Labute approximate surface area is 264 Å². The Balaban J connectivity index is 4.71. The fourth-order valence-electron chi connectivity index (χ4n) is 6.14. The van der Waals surface area contributed by atoms with E-state index in [1.807, 2.05) is 12.3 Å². The number of nitrogens with zero attached hydrogens (tertiary/aromatic N) is 1. The molecular formula is C36H67NO6. The lowest BCUT2D eigenvalue weighted by Crippen LogP contribution is -2.55. The molecule has 0 radical (unpaired) electrons. The highest BCUT2D eigenvalue weighted by Gasteiger charge is 2.38. The average molecular weight is 610 g/mol. The third-order valence-electron chi connectivity index (χ3n) is 9.16. The molecule has 0 aliphatic heterocycles. The van der Waals surface area contributed by atoms with E-state index in [1.165, 1.54) is 96.3 Å². The van der Waals surface area contributed by atoms with E-state index in [0.717, 1.165) is 19.3 Å². The standard InChI is InChI=1S/C36H67NO6/c1-5-9-10-11-12-13-14-15-16-17-18-19-20-21-22-23-24-25-26-27-37(28-31(6-2)34(38)39,29-32(7-3)35(40)41)30-33(8-4)36(42)43/h26-27,31-33H,5-25,28-30H2,1-4H3,(H2-,38,39,40,41,42,43)/b27-26+. The second kappa shape index (κ2) is 26.5. The van der Waals surface area contributed by atoms with Crippen molar-refractivity contribution in [1.29, 1.82) is 0 Å². The molecule has 0 fully saturated rings. The van der Waals surface area contributed by atoms with Crippen molar-refractivity contribution in [3.05, 3.63) is 12.3 Å². The van der Waals surface area contributed by atoms with Crippen LogP contribution in [0.15, 0.2) is 12.3 Å². The molecule has 0 heterocycles. The number of hydrogen-bond acceptors (Lipinski definition) is 4. The van der Waals surface area contributed by atoms with Crippen molar-refractivity contribution in [3.8, 4) is 0 Å². The van der Waals surface area contributed by atoms with Crippen LogP contribution in [0.1, 0.15) is 163 Å². The highest BCUT2D eigenvalue weighted by molar-refractivity contribution is 5.71. The predicted molar refractivity (Wildman–Crippen MR) is 174 cm³/mol. The maximum Gasteiger partial charge on any atom is 0.312 e. The summed E-state index contributed by atoms with van der Waals surface area (Å²) >= 11 is 0. The molecule has 7 heteroatoms. The molecule has 0 rings (SSSR count). The Bertz CT molecular complexity index is 692. The molecule has 0 bridgehead atoms. The van der Waals surface area contributed by atoms with Gasteiger partial charge in [0.15, 0.2) is 0 Å². The van der Waals surface area contributed by atoms with Gasteiger partial charge in [0, 0.05) is 5.92 Å². The average Bonchev–Trinajstić information content (AvgIpc) is 2.98. The fraction of sp³-hybridized carbons (Fsp3) is 0.861. The molecule has 0 aliphatic rings. The summed E-state index contributed by atoms with van der Waals surface area (Å²) in [5.74, 6) is -5.18. The lowest BCUT2D eigenvalue weighted by Gasteiger charge is -2.41. The monoisotopic (exact) mass is 609 g/mol. The summed E-state index contributed by atoms with van der Waals surface area (Å²) in [6, 6.07) is 0. The van der Waals surface area contributed by atoms with Gasteiger partial charge in [-0.2, -0.15) is 0 Å². The molecule has 7 nitrogen and oxygen atoms in total. The molecule has 0 spiro atoms. The number of allylic oxidation sites excluding steroid dienone is 1. The Kier molecular flexibility index (Phi) is 25.3. The molecule has 0 aromatic rings. The van der Waals surface area contributed by atoms with Gasteiger partial charge in [-0.1, -0.05) is 130 Å². The van der Waals surface area contributed by atoms with Gasteiger partial charge in [0.25, 0.3) is 0 Å². The third-order valence-corrected chi connectivity index (χ3v) is 9.16. The molecule has 3 atom stereocenters. The van der Waals surface area contributed by atoms with Gasteiger partial charge in [0.1, 0.15) is 11.8 Å². The van der Waals surface area contributed by atoms with E-state index in [4.69, 9.17) is 0 Å². The SMILES string of the molecule is CCCCCCCCCCCCCCCCCCC/C=C/[N+](CC(CC)C(=O)[O-])(CC(CC)C(=O)O)CC(CC)C(=O)O. The zero-order valence-electron chi connectivity index (χ0n) is 28.3. The highest BCUT2D eigenvalue weighted by Crippen LogP contribution is 2.25. The van der Waals surface area contributed by atoms with E-state index >= 15 is 0 Å². The molecule has 0 saturated heterocycles. The number of carboxylic acids is 3. The first-order valence-corrected chi connectivity index (χ1v) is 17.9. The molecule has 0 aromatic carbocycles. The summed E-state index contributed by atoms with van der Waals surface area (Å²) in [7, 11) is 0. The topological polar surface area (TPSA) is 115 Å². The van der Waals surface area contributed by atoms with Crippen LogP contribution in [0.2, 0.25) is 0 Å². The van der Waals surface area contributed by atoms with Crippen molar-refractivity contribution in [3.63, 3.8) is 0 Å². The summed E-state index contributed by atoms with van der Waals surface area (Å²) in [5.41, 5.74) is 0. The molecule has 43 heavy (non-hydrogen) atoms. The van der Waals surface area contributed by atoms with Crippen molar-refractivity contribution in [1.82, 2.24) is 0 Å². The summed E-state index contributed by atoms with van der Waals surface area (Å²) in [5, 5.41) is 31.4. The van der Waals surface area contributed by atoms with Crippen LogP contribution in [0, 0.1) is 17.8 Å². The molecule has 0 amide bonds. The summed E-state index contributed by atoms with van der Waals surface area (Å²) < 4.78 is 0.0427. The fourth-order valence-corrected chi connectivity index (χ4v) is 6.14. The number of unbranched alkanes of at least 4 members (excludes halogenated alkanes) is 17. The lowest BCUT2D eigenvalue weighted by molar-refractivity contribution is -0.887. The molecular weight excluding hydrogens is 542 g/mol. The maximum atomic E-state index is 12.0. The van der Waals surface area contributed by atoms with Crippen molar-refractivity contribution in [2.24, 2.45) is 17.8 Å². The summed E-state index contributed by atoms with van der Waals surface area (Å²) in [6.45, 7) is 8.14. The van der Waals surface area contributed by atoms with Gasteiger partial charge >= 0.3 is 11.9 Å². The van der Waals surface area contributed by atoms with Gasteiger partial charge < -0.3 is 20.1 Å². The van der Waals surface area contributed by atoms with Crippen LogP contribution in [0.5, 0.6) is 0 Å². The first-order valence-electron chi connectivity index (χ1n) is 17.9. The van der Waals surface area contributed by atoms with Gasteiger partial charge in [-0.3, -0.25) is 14.1 Å². The van der Waals surface area contributed by atoms with Crippen molar-refractivity contribution < 1.29 is 34.2 Å². The lowest BCUT2D eigenvalue weighted by atomic mass is 9.96. The summed E-state index contributed by atoms with van der Waals surface area (Å²) in [4.78, 5) is 35.8. The minimum Gasteiger partial charge on any atom is -0.550 e. The normalized spacial score (nSPS) is 15.3. The van der Waals surface area contributed by atoms with Gasteiger partial charge in [0.2, 0.25) is 0 Å². The number of carboxylic acid groups (broad SMARTS) is 3. The van der Waals surface area contributed by atoms with Crippen LogP contribution in [-0.4, -0.2) is 52.2 Å². The van der Waals surface area contributed by atoms with Crippen LogP contribution >= 0.6 is 0 Å². The number of quaternary nitrogens is 1. The van der Waals surface area contributed by atoms with Gasteiger partial charge in [0.05, 0.1) is 31.8 Å². The number of carbonyl (C=O) groups is 3. The number of rotatable bonds is 31. The smallest absolute Gasteiger partial charge is 0.312 e. The highest BCUT2D eigenvalue weighted by atomic mass is 16.4. The predicted octanol–water partition coefficient (Wildman–Crippen LogP) is 8.36. The minimum absolute atomic E-state index is 0.0427. The summed E-state index contributed by atoms with van der Waals surface area (Å²) in [6.07, 6.45) is 28.3. The van der Waals surface area contributed by atoms with Crippen LogP contribution in [0.25, 0.3) is 0 Å². The Morgan fingerprint density at radius 2 is 0.884 bits per heavy atom. The molecule has 252 valence electrons. The van der Waals surface area contributed by atoms with Crippen LogP contribution in [-0.2, 0) is 14.4 Å². The van der Waals surface area contributed by atoms with E-state index in [0.29, 0.717) is 19.3 Å². The van der Waals surface area contributed by atoms with Gasteiger partial charge in [-0.15, -0.1) is 0 Å². The Morgan fingerprint density at radius 1 is 0.558 bits per heavy atom. The van der Waals surface area contributed by atoms with Crippen LogP contribution in [0.4, 0.5) is 0 Å². The molecule has 2 N–H and O–H groups in total. The minimum atomic E-state index is -1.17. The van der Waals surface area contributed by atoms with E-state index in [-0.39, 0.29) is 24.1 Å². The second-order valence-electron chi connectivity index (χ2n) is 12.9. The van der Waals surface area contributed by atoms with Crippen LogP contribution < -0.4 is 5.11 Å². The zero-order chi connectivity index (χ0) is 32.3. The van der Waals surface area contributed by atoms with Crippen molar-refractivity contribution in [2.75, 3.05) is 19.6 Å². The van der Waals surface area contributed by atoms with E-state index in [9.17, 15) is 29.7 Å². The molecule has 3 unspecified atom stereocenters. The zero-order valence-corrected chi connectivity index (χ0v) is 28.3. The Hall–Kier alpha value is -1.89. The largest absolute Gasteiger partial charge is 0.550 e. The first kappa shape index (κ1) is 41.1. The molecule has 0 aromatic heterocycles. The first-order chi connectivity index (χ1) is 20.7. The number of aliphatic carboxylic acids is 3. The van der Waals surface area contributed by atoms with Crippen LogP contribution in [0.3, 0.4) is 0 Å². The maximum absolute atomic E-state index is 12.0. The van der Waals surface area contributed by atoms with Crippen molar-refractivity contribution >= 4 is 17.9 Å². The molecule has 0 aliphatic carbocycles. The van der Waals surface area contributed by atoms with Gasteiger partial charge in [-0.25, -0.2) is 0 Å².